The molecule has 32 heavy (non-hydrogen) atoms. The fraction of sp³-hybridized carbons (Fsp3) is 0.714. The fourth-order valence-corrected chi connectivity index (χ4v) is 5.69. The highest BCUT2D eigenvalue weighted by atomic mass is 31.2. The van der Waals surface area contributed by atoms with Crippen LogP contribution in [0.3, 0.4) is 0 Å². The van der Waals surface area contributed by atoms with Gasteiger partial charge in [-0.15, -0.1) is 0 Å². The maximum absolute atomic E-state index is 15.8. The second-order valence-corrected chi connectivity index (χ2v) is 9.72. The zero-order valence-electron chi connectivity index (χ0n) is 19.5. The highest BCUT2D eigenvalue weighted by molar-refractivity contribution is 7.44. The van der Waals surface area contributed by atoms with E-state index in [9.17, 15) is 0 Å². The molecule has 0 aliphatic carbocycles. The molecule has 1 unspecified atom stereocenters. The summed E-state index contributed by atoms with van der Waals surface area (Å²) < 4.78 is 37.9. The van der Waals surface area contributed by atoms with Crippen LogP contribution in [0.25, 0.3) is 11.2 Å². The van der Waals surface area contributed by atoms with Crippen LogP contribution in [0.2, 0.25) is 0 Å². The monoisotopic (exact) mass is 466 g/mol. The molecule has 2 aromatic rings. The molecule has 0 aromatic carbocycles. The Morgan fingerprint density at radius 1 is 1.28 bits per heavy atom. The Morgan fingerprint density at radius 2 is 2.00 bits per heavy atom. The Hall–Kier alpha value is -1.76. The average Bonchev–Trinajstić information content (AvgIpc) is 3.30. The Balaban J connectivity index is 1.87. The third kappa shape index (κ3) is 5.08. The number of nitriles is 1. The van der Waals surface area contributed by atoms with E-state index in [1.54, 1.807) is 10.9 Å². The first-order valence-electron chi connectivity index (χ1n) is 11.0. The molecule has 176 valence electrons. The van der Waals surface area contributed by atoms with E-state index in [2.05, 4.69) is 25.7 Å². The first-order chi connectivity index (χ1) is 15.3. The van der Waals surface area contributed by atoms with Gasteiger partial charge in [0.15, 0.2) is 18.0 Å². The second-order valence-electron chi connectivity index (χ2n) is 8.32. The van der Waals surface area contributed by atoms with E-state index in [0.717, 1.165) is 5.69 Å². The molecule has 0 spiro atoms. The molecule has 0 amide bonds. The number of imidazole rings is 1. The molecule has 0 saturated carbocycles. The van der Waals surface area contributed by atoms with Crippen LogP contribution in [0.4, 0.5) is 4.39 Å². The summed E-state index contributed by atoms with van der Waals surface area (Å²) in [6.07, 6.45) is 0.165. The summed E-state index contributed by atoms with van der Waals surface area (Å²) in [5, 5.41) is 8.91. The van der Waals surface area contributed by atoms with E-state index >= 15 is 4.39 Å². The summed E-state index contributed by atoms with van der Waals surface area (Å²) in [7, 11) is -1.59. The van der Waals surface area contributed by atoms with Gasteiger partial charge in [0.25, 0.3) is 8.53 Å². The summed E-state index contributed by atoms with van der Waals surface area (Å²) in [6, 6.07) is 2.32. The predicted molar refractivity (Wildman–Crippen MR) is 119 cm³/mol. The lowest BCUT2D eigenvalue weighted by atomic mass is 10.1. The lowest BCUT2D eigenvalue weighted by Crippen LogP contribution is -2.37. The average molecular weight is 466 g/mol. The van der Waals surface area contributed by atoms with Gasteiger partial charge < -0.3 is 13.8 Å². The van der Waals surface area contributed by atoms with Crippen LogP contribution in [-0.4, -0.2) is 61.3 Å². The predicted octanol–water partition coefficient (Wildman–Crippen LogP) is 4.44. The van der Waals surface area contributed by atoms with E-state index < -0.39 is 33.1 Å². The first-order valence-corrected chi connectivity index (χ1v) is 12.1. The Morgan fingerprint density at radius 3 is 2.62 bits per heavy atom. The molecule has 3 heterocycles. The van der Waals surface area contributed by atoms with Gasteiger partial charge in [0, 0.05) is 12.1 Å². The molecule has 9 nitrogen and oxygen atoms in total. The van der Waals surface area contributed by atoms with E-state index in [0.29, 0.717) is 17.6 Å². The van der Waals surface area contributed by atoms with Crippen molar-refractivity contribution in [3.63, 3.8) is 0 Å². The minimum absolute atomic E-state index is 0.122. The van der Waals surface area contributed by atoms with Gasteiger partial charge in [-0.05, 0) is 41.0 Å². The summed E-state index contributed by atoms with van der Waals surface area (Å²) in [5.74, 6) is 0. The quantitative estimate of drug-likeness (QED) is 0.374. The number of hydrogen-bond donors (Lipinski definition) is 0. The second kappa shape index (κ2) is 10.9. The highest BCUT2D eigenvalue weighted by Crippen LogP contribution is 2.51. The minimum Gasteiger partial charge on any atom is -0.349 e. The van der Waals surface area contributed by atoms with Gasteiger partial charge in [-0.25, -0.2) is 24.0 Å². The van der Waals surface area contributed by atoms with Crippen molar-refractivity contribution in [1.29, 1.82) is 5.26 Å². The summed E-state index contributed by atoms with van der Waals surface area (Å²) >= 11 is 0. The largest absolute Gasteiger partial charge is 0.349 e. The van der Waals surface area contributed by atoms with Crippen LogP contribution in [0.15, 0.2) is 12.7 Å². The third-order valence-corrected chi connectivity index (χ3v) is 7.49. The molecule has 11 heteroatoms. The van der Waals surface area contributed by atoms with Crippen molar-refractivity contribution in [1.82, 2.24) is 24.2 Å². The van der Waals surface area contributed by atoms with Crippen molar-refractivity contribution in [3.05, 3.63) is 18.3 Å². The van der Waals surface area contributed by atoms with Crippen molar-refractivity contribution in [2.24, 2.45) is 0 Å². The topological polar surface area (TPSA) is 98.3 Å². The summed E-state index contributed by atoms with van der Waals surface area (Å²) in [4.78, 5) is 12.8. The van der Waals surface area contributed by atoms with Gasteiger partial charge >= 0.3 is 0 Å². The molecule has 0 radical (unpaired) electrons. The zero-order valence-corrected chi connectivity index (χ0v) is 20.4. The van der Waals surface area contributed by atoms with Gasteiger partial charge in [0.05, 0.1) is 37.2 Å². The fourth-order valence-electron chi connectivity index (χ4n) is 3.93. The van der Waals surface area contributed by atoms with Gasteiger partial charge in [-0.2, -0.15) is 5.26 Å². The maximum atomic E-state index is 15.8. The molecular weight excluding hydrogens is 434 g/mol. The van der Waals surface area contributed by atoms with E-state index in [1.807, 2.05) is 41.5 Å². The van der Waals surface area contributed by atoms with E-state index in [1.165, 1.54) is 6.33 Å². The van der Waals surface area contributed by atoms with Crippen LogP contribution in [0.5, 0.6) is 0 Å². The van der Waals surface area contributed by atoms with Crippen LogP contribution in [-0.2, 0) is 13.8 Å². The van der Waals surface area contributed by atoms with Crippen molar-refractivity contribution in [2.45, 2.75) is 91.1 Å². The normalized spacial score (nSPS) is 24.7. The third-order valence-electron chi connectivity index (χ3n) is 5.36. The lowest BCUT2D eigenvalue weighted by Gasteiger charge is -2.37. The molecule has 1 saturated heterocycles. The van der Waals surface area contributed by atoms with E-state index in [4.69, 9.17) is 19.0 Å². The van der Waals surface area contributed by atoms with E-state index in [-0.39, 0.29) is 25.1 Å². The van der Waals surface area contributed by atoms with Gasteiger partial charge in [0.1, 0.15) is 17.9 Å². The Kier molecular flexibility index (Phi) is 8.48. The number of halogens is 1. The maximum Gasteiger partial charge on any atom is 0.259 e. The van der Waals surface area contributed by atoms with Gasteiger partial charge in [0.2, 0.25) is 0 Å². The molecule has 1 fully saturated rings. The Bertz CT molecular complexity index is 928. The van der Waals surface area contributed by atoms with Crippen molar-refractivity contribution in [3.8, 4) is 6.07 Å². The number of nitrogens with zero attached hydrogens (tertiary/aromatic N) is 6. The number of fused-ring (bicyclic) bond motifs is 1. The molecule has 3 rings (SSSR count). The Labute approximate surface area is 189 Å². The van der Waals surface area contributed by atoms with Crippen molar-refractivity contribution in [2.75, 3.05) is 6.61 Å². The zero-order chi connectivity index (χ0) is 23.4. The summed E-state index contributed by atoms with van der Waals surface area (Å²) in [6.45, 7) is 12.2. The van der Waals surface area contributed by atoms with Crippen LogP contribution in [0.1, 0.15) is 59.4 Å². The number of hydrogen-bond acceptors (Lipinski definition) is 8. The molecule has 2 aromatic heterocycles. The minimum atomic E-state index is -1.59. The molecule has 0 N–H and O–H groups in total. The molecule has 1 aliphatic rings. The van der Waals surface area contributed by atoms with Gasteiger partial charge in [-0.1, -0.05) is 6.92 Å². The SMILES string of the molecule is CC[C@H]1O[C@@H](n2cnc3c(C)ncnc32)[C@H](F)[C@@H]1OP(OCCC#N)N(C(C)C)C(C)C. The highest BCUT2D eigenvalue weighted by Gasteiger charge is 2.49. The number of aromatic nitrogens is 4. The molecule has 0 bridgehead atoms. The van der Waals surface area contributed by atoms with Crippen LogP contribution < -0.4 is 0 Å². The molecule has 1 aliphatic heterocycles. The standard InChI is InChI=1S/C21H32FN6O3P/c1-7-16-19(31-32(29-10-8-9-23)28(13(2)3)14(4)5)17(22)21(30-16)27-12-26-18-15(6)24-11-25-20(18)27/h11-14,16-17,19,21H,7-8,10H2,1-6H3/t16-,17-,19-,21-,32?/m1/s1. The summed E-state index contributed by atoms with van der Waals surface area (Å²) in [5.41, 5.74) is 1.87. The smallest absolute Gasteiger partial charge is 0.259 e. The van der Waals surface area contributed by atoms with Crippen LogP contribution in [0, 0.1) is 18.3 Å². The lowest BCUT2D eigenvalue weighted by molar-refractivity contribution is -0.0230. The molecular formula is C21H32FN6O3P. The number of ether oxygens (including phenoxy) is 1. The molecule has 5 atom stereocenters. The van der Waals surface area contributed by atoms with Crippen LogP contribution >= 0.6 is 8.53 Å². The van der Waals surface area contributed by atoms with Gasteiger partial charge in [-0.3, -0.25) is 4.57 Å². The van der Waals surface area contributed by atoms with Crippen molar-refractivity contribution >= 4 is 19.7 Å². The number of alkyl halides is 1. The number of rotatable bonds is 10. The number of aryl methyl sites for hydroxylation is 1. The van der Waals surface area contributed by atoms with Crippen molar-refractivity contribution < 1.29 is 18.2 Å². The first kappa shape index (κ1) is 24.9.